The third-order valence-corrected chi connectivity index (χ3v) is 3.15. The number of aromatic nitrogens is 1. The Kier molecular flexibility index (Phi) is 4.68. The van der Waals surface area contributed by atoms with Gasteiger partial charge in [-0.1, -0.05) is 0 Å². The van der Waals surface area contributed by atoms with Gasteiger partial charge in [-0.15, -0.1) is 0 Å². The molecule has 0 amide bonds. The highest BCUT2D eigenvalue weighted by molar-refractivity contribution is 5.64. The molecule has 0 fully saturated rings. The molecule has 0 saturated carbocycles. The van der Waals surface area contributed by atoms with Crippen molar-refractivity contribution in [1.29, 1.82) is 0 Å². The summed E-state index contributed by atoms with van der Waals surface area (Å²) in [5, 5.41) is 11.0. The highest BCUT2D eigenvalue weighted by Crippen LogP contribution is 2.27. The van der Waals surface area contributed by atoms with Crippen LogP contribution in [0.15, 0.2) is 42.7 Å². The summed E-state index contributed by atoms with van der Waals surface area (Å²) in [6, 6.07) is 8.58. The van der Waals surface area contributed by atoms with Gasteiger partial charge in [-0.05, 0) is 30.7 Å². The zero-order valence-corrected chi connectivity index (χ0v) is 11.7. The summed E-state index contributed by atoms with van der Waals surface area (Å²) in [4.78, 5) is 16.6. The molecule has 7 heteroatoms. The fraction of sp³-hybridized carbons (Fsp3) is 0.214. The smallest absolute Gasteiger partial charge is 0.273 e. The van der Waals surface area contributed by atoms with Crippen LogP contribution >= 0.6 is 0 Å². The van der Waals surface area contributed by atoms with E-state index in [1.165, 1.54) is 6.07 Å². The number of pyridine rings is 1. The quantitative estimate of drug-likeness (QED) is 0.480. The second kappa shape index (κ2) is 6.67. The Labute approximate surface area is 122 Å². The molecule has 1 aromatic heterocycles. The van der Waals surface area contributed by atoms with E-state index in [1.807, 2.05) is 24.0 Å². The van der Waals surface area contributed by atoms with Gasteiger partial charge in [0.15, 0.2) is 0 Å². The Balaban J connectivity index is 2.32. The Morgan fingerprint density at radius 1 is 1.33 bits per heavy atom. The van der Waals surface area contributed by atoms with E-state index in [4.69, 9.17) is 5.84 Å². The molecule has 0 aliphatic carbocycles. The van der Waals surface area contributed by atoms with Gasteiger partial charge in [-0.3, -0.25) is 20.9 Å². The number of anilines is 2. The first-order valence-corrected chi connectivity index (χ1v) is 6.54. The van der Waals surface area contributed by atoms with Crippen LogP contribution in [0.25, 0.3) is 0 Å². The first-order chi connectivity index (χ1) is 10.1. The Hall–Kier alpha value is -2.67. The van der Waals surface area contributed by atoms with E-state index in [0.29, 0.717) is 18.8 Å². The number of hydrazine groups is 1. The summed E-state index contributed by atoms with van der Waals surface area (Å²) in [5.41, 5.74) is 4.81. The molecule has 1 aromatic carbocycles. The monoisotopic (exact) mass is 287 g/mol. The molecule has 0 unspecified atom stereocenters. The van der Waals surface area contributed by atoms with Crippen LogP contribution in [0.5, 0.6) is 0 Å². The molecule has 1 heterocycles. The summed E-state index contributed by atoms with van der Waals surface area (Å²) >= 11 is 0. The number of rotatable bonds is 6. The molecule has 7 nitrogen and oxygen atoms in total. The molecule has 2 rings (SSSR count). The van der Waals surface area contributed by atoms with Gasteiger partial charge in [0.25, 0.3) is 5.69 Å². The maximum absolute atomic E-state index is 11.0. The third kappa shape index (κ3) is 3.67. The maximum Gasteiger partial charge on any atom is 0.273 e. The van der Waals surface area contributed by atoms with Crippen LogP contribution in [0.2, 0.25) is 0 Å². The number of hydrogen-bond acceptors (Lipinski definition) is 6. The second-order valence-corrected chi connectivity index (χ2v) is 4.51. The molecule has 0 aliphatic heterocycles. The van der Waals surface area contributed by atoms with Crippen LogP contribution in [0.1, 0.15) is 12.5 Å². The van der Waals surface area contributed by atoms with Crippen LogP contribution in [0.4, 0.5) is 17.1 Å². The third-order valence-electron chi connectivity index (χ3n) is 3.15. The average Bonchev–Trinajstić information content (AvgIpc) is 2.53. The van der Waals surface area contributed by atoms with E-state index in [2.05, 4.69) is 10.4 Å². The fourth-order valence-electron chi connectivity index (χ4n) is 2.06. The predicted molar refractivity (Wildman–Crippen MR) is 81.9 cm³/mol. The van der Waals surface area contributed by atoms with Crippen molar-refractivity contribution in [1.82, 2.24) is 4.98 Å². The zero-order chi connectivity index (χ0) is 15.2. The van der Waals surface area contributed by atoms with Gasteiger partial charge in [0, 0.05) is 43.3 Å². The summed E-state index contributed by atoms with van der Waals surface area (Å²) in [7, 11) is 0. The minimum absolute atomic E-state index is 0.00799. The van der Waals surface area contributed by atoms with Crippen LogP contribution in [-0.4, -0.2) is 16.5 Å². The second-order valence-electron chi connectivity index (χ2n) is 4.51. The first-order valence-electron chi connectivity index (χ1n) is 6.54. The van der Waals surface area contributed by atoms with E-state index >= 15 is 0 Å². The van der Waals surface area contributed by atoms with Gasteiger partial charge in [0.05, 0.1) is 10.6 Å². The largest absolute Gasteiger partial charge is 0.367 e. The van der Waals surface area contributed by atoms with Crippen molar-refractivity contribution in [2.24, 2.45) is 5.84 Å². The molecular weight excluding hydrogens is 270 g/mol. The van der Waals surface area contributed by atoms with Gasteiger partial charge < -0.3 is 10.3 Å². The van der Waals surface area contributed by atoms with Crippen LogP contribution in [0, 0.1) is 10.1 Å². The number of nitrogens with zero attached hydrogens (tertiary/aromatic N) is 3. The number of benzene rings is 1. The summed E-state index contributed by atoms with van der Waals surface area (Å²) in [6.07, 6.45) is 3.45. The van der Waals surface area contributed by atoms with Gasteiger partial charge >= 0.3 is 0 Å². The van der Waals surface area contributed by atoms with Crippen LogP contribution in [-0.2, 0) is 6.54 Å². The van der Waals surface area contributed by atoms with Crippen molar-refractivity contribution < 1.29 is 4.92 Å². The Morgan fingerprint density at radius 3 is 2.62 bits per heavy atom. The van der Waals surface area contributed by atoms with Crippen molar-refractivity contribution >= 4 is 17.1 Å². The summed E-state index contributed by atoms with van der Waals surface area (Å²) in [5.74, 6) is 5.38. The van der Waals surface area contributed by atoms with Gasteiger partial charge in [-0.25, -0.2) is 0 Å². The summed E-state index contributed by atoms with van der Waals surface area (Å²) in [6.45, 7) is 3.35. The van der Waals surface area contributed by atoms with Gasteiger partial charge in [0.1, 0.15) is 0 Å². The number of non-ortho nitro benzene ring substituents is 1. The Bertz CT molecular complexity index is 618. The van der Waals surface area contributed by atoms with Crippen molar-refractivity contribution in [3.63, 3.8) is 0 Å². The molecule has 0 radical (unpaired) electrons. The van der Waals surface area contributed by atoms with E-state index in [0.717, 1.165) is 11.3 Å². The normalized spacial score (nSPS) is 10.2. The predicted octanol–water partition coefficient (Wildman–Crippen LogP) is 2.30. The van der Waals surface area contributed by atoms with Crippen molar-refractivity contribution in [3.8, 4) is 0 Å². The molecule has 0 atom stereocenters. The first kappa shape index (κ1) is 14.7. The van der Waals surface area contributed by atoms with Gasteiger partial charge in [-0.2, -0.15) is 0 Å². The van der Waals surface area contributed by atoms with Gasteiger partial charge in [0.2, 0.25) is 0 Å². The highest BCUT2D eigenvalue weighted by atomic mass is 16.6. The van der Waals surface area contributed by atoms with E-state index in [1.54, 1.807) is 24.5 Å². The fourth-order valence-corrected chi connectivity index (χ4v) is 2.06. The maximum atomic E-state index is 11.0. The number of hydrogen-bond donors (Lipinski definition) is 2. The number of nitrogen functional groups attached to an aromatic ring is 1. The average molecular weight is 287 g/mol. The number of nitro benzene ring substituents is 1. The van der Waals surface area contributed by atoms with Crippen molar-refractivity contribution in [2.45, 2.75) is 13.5 Å². The SMILES string of the molecule is CCN(Cc1ccncc1)c1cc(NN)cc([N+](=O)[O-])c1. The van der Waals surface area contributed by atoms with Crippen LogP contribution < -0.4 is 16.2 Å². The lowest BCUT2D eigenvalue weighted by molar-refractivity contribution is -0.384. The lowest BCUT2D eigenvalue weighted by atomic mass is 10.2. The molecular formula is C14H17N5O2. The molecule has 0 saturated heterocycles. The Morgan fingerprint density at radius 2 is 2.05 bits per heavy atom. The lowest BCUT2D eigenvalue weighted by Gasteiger charge is -2.23. The zero-order valence-electron chi connectivity index (χ0n) is 11.7. The van der Waals surface area contributed by atoms with E-state index in [9.17, 15) is 10.1 Å². The molecule has 0 aliphatic rings. The summed E-state index contributed by atoms with van der Waals surface area (Å²) < 4.78 is 0. The van der Waals surface area contributed by atoms with Crippen molar-refractivity contribution in [2.75, 3.05) is 16.9 Å². The lowest BCUT2D eigenvalue weighted by Crippen LogP contribution is -2.22. The van der Waals surface area contributed by atoms with Crippen LogP contribution in [0.3, 0.4) is 0 Å². The molecule has 3 N–H and O–H groups in total. The standard InChI is InChI=1S/C14H17N5O2/c1-2-18(10-11-3-5-16-6-4-11)13-7-12(17-15)8-14(9-13)19(20)21/h3-9,17H,2,10,15H2,1H3. The van der Waals surface area contributed by atoms with Crippen molar-refractivity contribution in [3.05, 3.63) is 58.4 Å². The molecule has 21 heavy (non-hydrogen) atoms. The highest BCUT2D eigenvalue weighted by Gasteiger charge is 2.13. The minimum Gasteiger partial charge on any atom is -0.367 e. The molecule has 2 aromatic rings. The molecule has 0 bridgehead atoms. The molecule has 110 valence electrons. The molecule has 0 spiro atoms. The van der Waals surface area contributed by atoms with E-state index in [-0.39, 0.29) is 5.69 Å². The minimum atomic E-state index is -0.426. The number of nitrogens with one attached hydrogen (secondary N) is 1. The topological polar surface area (TPSA) is 97.3 Å². The number of nitro groups is 1. The van der Waals surface area contributed by atoms with E-state index < -0.39 is 4.92 Å². The number of nitrogens with two attached hydrogens (primary N) is 1.